The molecule has 0 spiro atoms. The fraction of sp³-hybridized carbons (Fsp3) is 0.471. The van der Waals surface area contributed by atoms with Gasteiger partial charge in [0.15, 0.2) is 5.82 Å². The molecule has 2 N–H and O–H groups in total. The molecule has 0 saturated heterocycles. The van der Waals surface area contributed by atoms with Crippen LogP contribution in [0.2, 0.25) is 0 Å². The summed E-state index contributed by atoms with van der Waals surface area (Å²) in [6, 6.07) is 5.33. The summed E-state index contributed by atoms with van der Waals surface area (Å²) in [6.45, 7) is 7.90. The number of amides is 2. The fourth-order valence-corrected chi connectivity index (χ4v) is 2.57. The van der Waals surface area contributed by atoms with Gasteiger partial charge < -0.3 is 15.2 Å². The predicted octanol–water partition coefficient (Wildman–Crippen LogP) is 3.10. The summed E-state index contributed by atoms with van der Waals surface area (Å²) >= 11 is 0. The Morgan fingerprint density at radius 2 is 1.83 bits per heavy atom. The van der Waals surface area contributed by atoms with Crippen molar-refractivity contribution in [3.05, 3.63) is 47.8 Å². The average molecular weight is 333 g/mol. The molecule has 0 bridgehead atoms. The molecule has 0 aliphatic carbocycles. The Morgan fingerprint density at radius 1 is 1.21 bits per heavy atom. The van der Waals surface area contributed by atoms with Gasteiger partial charge in [-0.3, -0.25) is 0 Å². The molecule has 2 aromatic rings. The van der Waals surface area contributed by atoms with Crippen LogP contribution in [0.15, 0.2) is 30.6 Å². The normalized spacial score (nSPS) is 14.1. The minimum Gasteiger partial charge on any atom is -0.331 e. The van der Waals surface area contributed by atoms with E-state index in [0.717, 1.165) is 5.56 Å². The lowest BCUT2D eigenvalue weighted by atomic mass is 9.82. The summed E-state index contributed by atoms with van der Waals surface area (Å²) in [6.07, 6.45) is 1.59. The van der Waals surface area contributed by atoms with Gasteiger partial charge in [-0.1, -0.05) is 32.9 Å². The highest BCUT2D eigenvalue weighted by atomic mass is 19.1. The molecule has 0 saturated carbocycles. The minimum atomic E-state index is -0.310. The first kappa shape index (κ1) is 17.9. The smallest absolute Gasteiger partial charge is 0.315 e. The van der Waals surface area contributed by atoms with Gasteiger partial charge in [0.05, 0.1) is 12.1 Å². The van der Waals surface area contributed by atoms with Crippen molar-refractivity contribution in [2.75, 3.05) is 0 Å². The molecule has 1 heterocycles. The third kappa shape index (κ3) is 4.31. The SMILES string of the molecule is C[C@H](NC(=O)N[C@H](c1ccc(F)cc1)C(C)(C)C)c1nncn1C. The summed E-state index contributed by atoms with van der Waals surface area (Å²) in [4.78, 5) is 12.4. The van der Waals surface area contributed by atoms with Crippen LogP contribution in [0.4, 0.5) is 9.18 Å². The molecule has 1 aromatic carbocycles. The van der Waals surface area contributed by atoms with Crippen molar-refractivity contribution >= 4 is 6.03 Å². The average Bonchev–Trinajstić information content (AvgIpc) is 2.91. The van der Waals surface area contributed by atoms with Crippen LogP contribution >= 0.6 is 0 Å². The molecule has 6 nitrogen and oxygen atoms in total. The molecule has 0 aliphatic heterocycles. The monoisotopic (exact) mass is 333 g/mol. The number of carbonyl (C=O) groups is 1. The van der Waals surface area contributed by atoms with E-state index in [1.165, 1.54) is 12.1 Å². The number of nitrogens with zero attached hydrogens (tertiary/aromatic N) is 3. The Kier molecular flexibility index (Phi) is 5.21. The number of carbonyl (C=O) groups excluding carboxylic acids is 1. The molecule has 0 fully saturated rings. The van der Waals surface area contributed by atoms with E-state index in [2.05, 4.69) is 20.8 Å². The minimum absolute atomic E-state index is 0.233. The molecule has 0 unspecified atom stereocenters. The topological polar surface area (TPSA) is 71.8 Å². The van der Waals surface area contributed by atoms with E-state index in [4.69, 9.17) is 0 Å². The first-order valence-corrected chi connectivity index (χ1v) is 7.85. The summed E-state index contributed by atoms with van der Waals surface area (Å²) < 4.78 is 14.9. The van der Waals surface area contributed by atoms with Gasteiger partial charge in [0.2, 0.25) is 0 Å². The lowest BCUT2D eigenvalue weighted by Crippen LogP contribution is -2.43. The first-order valence-electron chi connectivity index (χ1n) is 7.85. The maximum atomic E-state index is 13.2. The van der Waals surface area contributed by atoms with Crippen molar-refractivity contribution in [2.45, 2.75) is 39.8 Å². The van der Waals surface area contributed by atoms with Crippen molar-refractivity contribution in [2.24, 2.45) is 12.5 Å². The summed E-state index contributed by atoms with van der Waals surface area (Å²) in [7, 11) is 1.82. The Morgan fingerprint density at radius 3 is 2.33 bits per heavy atom. The number of rotatable bonds is 4. The van der Waals surface area contributed by atoms with Gasteiger partial charge in [0.1, 0.15) is 12.1 Å². The molecule has 0 aliphatic rings. The second kappa shape index (κ2) is 6.98. The van der Waals surface area contributed by atoms with Crippen LogP contribution in [0.1, 0.15) is 51.2 Å². The molecular formula is C17H24FN5O. The predicted molar refractivity (Wildman–Crippen MR) is 89.7 cm³/mol. The molecule has 130 valence electrons. The number of hydrogen-bond acceptors (Lipinski definition) is 3. The fourth-order valence-electron chi connectivity index (χ4n) is 2.57. The summed E-state index contributed by atoms with van der Waals surface area (Å²) in [5.41, 5.74) is 0.619. The van der Waals surface area contributed by atoms with E-state index < -0.39 is 0 Å². The Hall–Kier alpha value is -2.44. The molecule has 2 atom stereocenters. The number of halogens is 1. The molecule has 7 heteroatoms. The standard InChI is InChI=1S/C17H24FN5O/c1-11(15-22-19-10-23(15)5)20-16(24)21-14(17(2,3)4)12-6-8-13(18)9-7-12/h6-11,14H,1-5H3,(H2,20,21,24)/t11-,14+/m0/s1. The van der Waals surface area contributed by atoms with Gasteiger partial charge in [-0.05, 0) is 30.0 Å². The molecule has 1 aromatic heterocycles. The van der Waals surface area contributed by atoms with Crippen LogP contribution in [0.3, 0.4) is 0 Å². The number of benzene rings is 1. The number of aromatic nitrogens is 3. The van der Waals surface area contributed by atoms with Gasteiger partial charge in [0, 0.05) is 7.05 Å². The molecule has 24 heavy (non-hydrogen) atoms. The van der Waals surface area contributed by atoms with Gasteiger partial charge in [-0.2, -0.15) is 0 Å². The third-order valence-corrected chi connectivity index (χ3v) is 3.83. The van der Waals surface area contributed by atoms with Crippen LogP contribution < -0.4 is 10.6 Å². The maximum absolute atomic E-state index is 13.2. The van der Waals surface area contributed by atoms with E-state index in [0.29, 0.717) is 5.82 Å². The molecular weight excluding hydrogens is 309 g/mol. The Labute approximate surface area is 141 Å². The number of aryl methyl sites for hydroxylation is 1. The van der Waals surface area contributed by atoms with Crippen molar-refractivity contribution < 1.29 is 9.18 Å². The number of nitrogens with one attached hydrogen (secondary N) is 2. The van der Waals surface area contributed by atoms with E-state index in [1.54, 1.807) is 23.0 Å². The van der Waals surface area contributed by atoms with Crippen LogP contribution in [0.5, 0.6) is 0 Å². The lowest BCUT2D eigenvalue weighted by Gasteiger charge is -2.32. The highest BCUT2D eigenvalue weighted by Crippen LogP contribution is 2.32. The molecule has 2 rings (SSSR count). The van der Waals surface area contributed by atoms with Gasteiger partial charge in [-0.15, -0.1) is 10.2 Å². The highest BCUT2D eigenvalue weighted by molar-refractivity contribution is 5.75. The summed E-state index contributed by atoms with van der Waals surface area (Å²) in [5, 5.41) is 13.6. The van der Waals surface area contributed by atoms with Crippen LogP contribution in [-0.2, 0) is 7.05 Å². The maximum Gasteiger partial charge on any atom is 0.315 e. The number of urea groups is 1. The van der Waals surface area contributed by atoms with Gasteiger partial charge in [0.25, 0.3) is 0 Å². The van der Waals surface area contributed by atoms with E-state index in [9.17, 15) is 9.18 Å². The highest BCUT2D eigenvalue weighted by Gasteiger charge is 2.28. The second-order valence-corrected chi connectivity index (χ2v) is 6.99. The van der Waals surface area contributed by atoms with E-state index >= 15 is 0 Å². The molecule has 2 amide bonds. The quantitative estimate of drug-likeness (QED) is 0.903. The Balaban J connectivity index is 2.10. The Bertz CT molecular complexity index is 690. The van der Waals surface area contributed by atoms with Gasteiger partial charge >= 0.3 is 6.03 Å². The van der Waals surface area contributed by atoms with Crippen molar-refractivity contribution in [1.29, 1.82) is 0 Å². The third-order valence-electron chi connectivity index (χ3n) is 3.83. The van der Waals surface area contributed by atoms with Crippen LogP contribution in [0.25, 0.3) is 0 Å². The lowest BCUT2D eigenvalue weighted by molar-refractivity contribution is 0.215. The number of hydrogen-bond donors (Lipinski definition) is 2. The second-order valence-electron chi connectivity index (χ2n) is 6.99. The van der Waals surface area contributed by atoms with Crippen LogP contribution in [0, 0.1) is 11.2 Å². The first-order chi connectivity index (χ1) is 11.2. The van der Waals surface area contributed by atoms with Crippen LogP contribution in [-0.4, -0.2) is 20.8 Å². The molecule has 0 radical (unpaired) electrons. The van der Waals surface area contributed by atoms with E-state index in [-0.39, 0.29) is 29.3 Å². The summed E-state index contributed by atoms with van der Waals surface area (Å²) in [5.74, 6) is 0.367. The van der Waals surface area contributed by atoms with Crippen molar-refractivity contribution in [3.63, 3.8) is 0 Å². The zero-order valence-corrected chi connectivity index (χ0v) is 14.7. The van der Waals surface area contributed by atoms with Gasteiger partial charge in [-0.25, -0.2) is 9.18 Å². The zero-order chi connectivity index (χ0) is 17.9. The largest absolute Gasteiger partial charge is 0.331 e. The van der Waals surface area contributed by atoms with Crippen molar-refractivity contribution in [1.82, 2.24) is 25.4 Å². The van der Waals surface area contributed by atoms with Crippen molar-refractivity contribution in [3.8, 4) is 0 Å². The van der Waals surface area contributed by atoms with E-state index in [1.807, 2.05) is 34.7 Å². The zero-order valence-electron chi connectivity index (χ0n) is 14.7.